The number of nitrogens with one attached hydrogen (secondary N) is 1. The van der Waals surface area contributed by atoms with Crippen LogP contribution in [0.4, 0.5) is 5.69 Å². The first-order valence-electron chi connectivity index (χ1n) is 5.98. The van der Waals surface area contributed by atoms with Crippen LogP contribution < -0.4 is 10.5 Å². The molecule has 2 aromatic rings. The lowest BCUT2D eigenvalue weighted by Crippen LogP contribution is -2.16. The third-order valence-corrected chi connectivity index (χ3v) is 4.62. The van der Waals surface area contributed by atoms with E-state index >= 15 is 0 Å². The molecule has 0 aliphatic carbocycles. The number of carbonyl (C=O) groups excluding carboxylic acids is 1. The van der Waals surface area contributed by atoms with E-state index in [4.69, 9.17) is 5.14 Å². The van der Waals surface area contributed by atoms with Crippen LogP contribution in [0.2, 0.25) is 0 Å². The first kappa shape index (κ1) is 15.7. The third-order valence-electron chi connectivity index (χ3n) is 2.87. The SMILES string of the molecule is Cc1ccc(NC(=O)c2ccccc2Br)cc1S(N)(=O)=O. The molecule has 7 heteroatoms. The lowest BCUT2D eigenvalue weighted by atomic mass is 10.2. The van der Waals surface area contributed by atoms with Gasteiger partial charge in [-0.05, 0) is 52.7 Å². The highest BCUT2D eigenvalue weighted by Gasteiger charge is 2.14. The second-order valence-electron chi connectivity index (χ2n) is 4.46. The van der Waals surface area contributed by atoms with Crippen LogP contribution in [-0.2, 0) is 10.0 Å². The zero-order valence-electron chi connectivity index (χ0n) is 11.1. The van der Waals surface area contributed by atoms with Crippen LogP contribution in [0.25, 0.3) is 0 Å². The summed E-state index contributed by atoms with van der Waals surface area (Å²) >= 11 is 3.29. The van der Waals surface area contributed by atoms with Gasteiger partial charge in [0.15, 0.2) is 0 Å². The van der Waals surface area contributed by atoms with Crippen molar-refractivity contribution >= 4 is 37.5 Å². The zero-order valence-corrected chi connectivity index (χ0v) is 13.5. The van der Waals surface area contributed by atoms with Gasteiger partial charge in [0.25, 0.3) is 5.91 Å². The Morgan fingerprint density at radius 1 is 1.19 bits per heavy atom. The number of hydrogen-bond acceptors (Lipinski definition) is 3. The summed E-state index contributed by atoms with van der Waals surface area (Å²) < 4.78 is 23.6. The number of hydrogen-bond donors (Lipinski definition) is 2. The maximum absolute atomic E-state index is 12.2. The fraction of sp³-hybridized carbons (Fsp3) is 0.0714. The van der Waals surface area contributed by atoms with Crippen LogP contribution in [0.5, 0.6) is 0 Å². The van der Waals surface area contributed by atoms with Gasteiger partial charge < -0.3 is 5.32 Å². The van der Waals surface area contributed by atoms with Gasteiger partial charge in [0.2, 0.25) is 10.0 Å². The van der Waals surface area contributed by atoms with Crippen LogP contribution in [0.1, 0.15) is 15.9 Å². The number of primary sulfonamides is 1. The summed E-state index contributed by atoms with van der Waals surface area (Å²) in [5, 5.41) is 7.79. The van der Waals surface area contributed by atoms with Gasteiger partial charge in [-0.1, -0.05) is 18.2 Å². The van der Waals surface area contributed by atoms with E-state index in [1.807, 2.05) is 0 Å². The molecular formula is C14H13BrN2O3S. The summed E-state index contributed by atoms with van der Waals surface area (Å²) in [5.74, 6) is -0.341. The molecular weight excluding hydrogens is 356 g/mol. The number of aryl methyl sites for hydroxylation is 1. The smallest absolute Gasteiger partial charge is 0.256 e. The number of benzene rings is 2. The highest BCUT2D eigenvalue weighted by molar-refractivity contribution is 9.10. The number of anilines is 1. The van der Waals surface area contributed by atoms with Crippen LogP contribution in [0, 0.1) is 6.92 Å². The van der Waals surface area contributed by atoms with Gasteiger partial charge in [-0.2, -0.15) is 0 Å². The zero-order chi connectivity index (χ0) is 15.6. The fourth-order valence-electron chi connectivity index (χ4n) is 1.83. The predicted octanol–water partition coefficient (Wildman–Crippen LogP) is 2.66. The molecule has 0 saturated heterocycles. The van der Waals surface area contributed by atoms with Crippen LogP contribution in [0.3, 0.4) is 0 Å². The molecule has 0 aromatic heterocycles. The standard InChI is InChI=1S/C14H13BrN2O3S/c1-9-6-7-10(8-13(9)21(16,19)20)17-14(18)11-4-2-3-5-12(11)15/h2-8H,1H3,(H,17,18)(H2,16,19,20). The number of sulfonamides is 1. The molecule has 2 aromatic carbocycles. The summed E-state index contributed by atoms with van der Waals surface area (Å²) in [6.45, 7) is 1.64. The van der Waals surface area contributed by atoms with Crippen molar-refractivity contribution < 1.29 is 13.2 Å². The molecule has 0 heterocycles. The van der Waals surface area contributed by atoms with Crippen molar-refractivity contribution in [1.82, 2.24) is 0 Å². The second kappa shape index (κ2) is 5.97. The second-order valence-corrected chi connectivity index (χ2v) is 6.84. The number of rotatable bonds is 3. The molecule has 0 saturated carbocycles. The summed E-state index contributed by atoms with van der Waals surface area (Å²) in [7, 11) is -3.83. The van der Waals surface area contributed by atoms with E-state index in [1.54, 1.807) is 43.3 Å². The van der Waals surface area contributed by atoms with Crippen molar-refractivity contribution in [2.45, 2.75) is 11.8 Å². The van der Waals surface area contributed by atoms with Gasteiger partial charge in [0.05, 0.1) is 10.5 Å². The minimum atomic E-state index is -3.83. The van der Waals surface area contributed by atoms with Crippen molar-refractivity contribution in [2.24, 2.45) is 5.14 Å². The molecule has 0 radical (unpaired) electrons. The van der Waals surface area contributed by atoms with Gasteiger partial charge in [0.1, 0.15) is 0 Å². The topological polar surface area (TPSA) is 89.3 Å². The Hall–Kier alpha value is -1.70. The van der Waals surface area contributed by atoms with Crippen LogP contribution in [-0.4, -0.2) is 14.3 Å². The number of amides is 1. The summed E-state index contributed by atoms with van der Waals surface area (Å²) in [6.07, 6.45) is 0. The molecule has 0 spiro atoms. The first-order valence-corrected chi connectivity index (χ1v) is 8.32. The van der Waals surface area contributed by atoms with E-state index in [-0.39, 0.29) is 10.8 Å². The Bertz CT molecular complexity index is 804. The van der Waals surface area contributed by atoms with E-state index in [0.717, 1.165) is 0 Å². The number of carbonyl (C=O) groups is 1. The molecule has 110 valence electrons. The minimum absolute atomic E-state index is 0.00701. The van der Waals surface area contributed by atoms with Gasteiger partial charge in [-0.25, -0.2) is 13.6 Å². The van der Waals surface area contributed by atoms with Gasteiger partial charge in [0, 0.05) is 10.2 Å². The maximum Gasteiger partial charge on any atom is 0.256 e. The molecule has 0 bridgehead atoms. The van der Waals surface area contributed by atoms with E-state index < -0.39 is 10.0 Å². The maximum atomic E-state index is 12.2. The number of halogens is 1. The lowest BCUT2D eigenvalue weighted by molar-refractivity contribution is 0.102. The Labute approximate surface area is 131 Å². The summed E-state index contributed by atoms with van der Waals surface area (Å²) in [5.41, 5.74) is 1.34. The number of nitrogens with two attached hydrogens (primary N) is 1. The van der Waals surface area contributed by atoms with Crippen molar-refractivity contribution in [1.29, 1.82) is 0 Å². The molecule has 2 rings (SSSR count). The quantitative estimate of drug-likeness (QED) is 0.872. The molecule has 21 heavy (non-hydrogen) atoms. The first-order chi connectivity index (χ1) is 9.79. The Balaban J connectivity index is 2.33. The normalized spacial score (nSPS) is 11.2. The largest absolute Gasteiger partial charge is 0.322 e. The molecule has 0 unspecified atom stereocenters. The van der Waals surface area contributed by atoms with Crippen LogP contribution >= 0.6 is 15.9 Å². The molecule has 0 atom stereocenters. The fourth-order valence-corrected chi connectivity index (χ4v) is 3.10. The molecule has 0 aliphatic rings. The highest BCUT2D eigenvalue weighted by atomic mass is 79.9. The van der Waals surface area contributed by atoms with E-state index in [0.29, 0.717) is 21.3 Å². The van der Waals surface area contributed by atoms with Gasteiger partial charge in [-0.15, -0.1) is 0 Å². The molecule has 5 nitrogen and oxygen atoms in total. The predicted molar refractivity (Wildman–Crippen MR) is 84.6 cm³/mol. The Kier molecular flexibility index (Phi) is 4.46. The van der Waals surface area contributed by atoms with Crippen LogP contribution in [0.15, 0.2) is 51.8 Å². The summed E-state index contributed by atoms with van der Waals surface area (Å²) in [4.78, 5) is 12.2. The Morgan fingerprint density at radius 3 is 2.48 bits per heavy atom. The minimum Gasteiger partial charge on any atom is -0.322 e. The van der Waals surface area contributed by atoms with Crippen molar-refractivity contribution in [3.05, 3.63) is 58.1 Å². The summed E-state index contributed by atoms with van der Waals surface area (Å²) in [6, 6.07) is 11.5. The molecule has 0 aliphatic heterocycles. The molecule has 1 amide bonds. The lowest BCUT2D eigenvalue weighted by Gasteiger charge is -2.09. The monoisotopic (exact) mass is 368 g/mol. The molecule has 3 N–H and O–H groups in total. The van der Waals surface area contributed by atoms with Gasteiger partial charge >= 0.3 is 0 Å². The average molecular weight is 369 g/mol. The molecule has 0 fully saturated rings. The van der Waals surface area contributed by atoms with E-state index in [2.05, 4.69) is 21.2 Å². The van der Waals surface area contributed by atoms with Crippen molar-refractivity contribution in [3.8, 4) is 0 Å². The van der Waals surface area contributed by atoms with E-state index in [1.165, 1.54) is 6.07 Å². The van der Waals surface area contributed by atoms with Crippen molar-refractivity contribution in [2.75, 3.05) is 5.32 Å². The van der Waals surface area contributed by atoms with E-state index in [9.17, 15) is 13.2 Å². The Morgan fingerprint density at radius 2 is 1.86 bits per heavy atom. The average Bonchev–Trinajstić information content (AvgIpc) is 2.40. The van der Waals surface area contributed by atoms with Gasteiger partial charge in [-0.3, -0.25) is 4.79 Å². The third kappa shape index (κ3) is 3.69. The highest BCUT2D eigenvalue weighted by Crippen LogP contribution is 2.21. The van der Waals surface area contributed by atoms with Crippen molar-refractivity contribution in [3.63, 3.8) is 0 Å².